The monoisotopic (exact) mass is 568 g/mol. The van der Waals surface area contributed by atoms with Crippen molar-refractivity contribution in [3.05, 3.63) is 72.0 Å². The minimum Gasteiger partial charge on any atom is -0.480 e. The first-order valence-electron chi connectivity index (χ1n) is 12.9. The molecule has 2 aromatic carbocycles. The van der Waals surface area contributed by atoms with E-state index in [0.29, 0.717) is 49.2 Å². The molecule has 6 N–H and O–H groups in total. The van der Waals surface area contributed by atoms with E-state index in [2.05, 4.69) is 15.8 Å². The number of sulfonamides is 1. The van der Waals surface area contributed by atoms with Crippen LogP contribution in [0.15, 0.2) is 70.1 Å². The summed E-state index contributed by atoms with van der Waals surface area (Å²) in [6, 6.07) is 14.6. The smallest absolute Gasteiger partial charge is 0.326 e. The summed E-state index contributed by atoms with van der Waals surface area (Å²) < 4.78 is 32.7. The third kappa shape index (κ3) is 7.04. The number of aliphatic carboxylic acids is 1. The lowest BCUT2D eigenvalue weighted by molar-refractivity contribution is -0.142. The Morgan fingerprint density at radius 3 is 2.58 bits per heavy atom. The molecule has 1 amide bonds. The van der Waals surface area contributed by atoms with Crippen LogP contribution in [0.1, 0.15) is 30.6 Å². The number of nitrogens with one attached hydrogen (secondary N) is 3. The first-order chi connectivity index (χ1) is 19.1. The quantitative estimate of drug-likeness (QED) is 0.123. The summed E-state index contributed by atoms with van der Waals surface area (Å²) in [4.78, 5) is 25.2. The van der Waals surface area contributed by atoms with Gasteiger partial charge in [0.1, 0.15) is 23.5 Å². The van der Waals surface area contributed by atoms with Crippen LogP contribution in [-0.2, 0) is 32.5 Å². The Balaban J connectivity index is 1.37. The summed E-state index contributed by atoms with van der Waals surface area (Å²) in [5.41, 5.74) is 7.35. The SMILES string of the molecule is N=C(N)NCCCc1cc(-c2ccc(C[C@H](NC(=O)[C@@H]3CCCN3S(=O)(=O)c3ccccc3)C(=O)O)cc2)no1. The lowest BCUT2D eigenvalue weighted by Gasteiger charge is -2.25. The van der Waals surface area contributed by atoms with Gasteiger partial charge >= 0.3 is 5.97 Å². The number of amides is 1. The number of aromatic nitrogens is 1. The number of hydrogen-bond acceptors (Lipinski definition) is 7. The molecule has 0 bridgehead atoms. The fraction of sp³-hybridized carbons (Fsp3) is 0.333. The number of carbonyl (C=O) groups is 2. The zero-order valence-electron chi connectivity index (χ0n) is 21.7. The maximum Gasteiger partial charge on any atom is 0.326 e. The van der Waals surface area contributed by atoms with Crippen molar-refractivity contribution >= 4 is 27.9 Å². The fourth-order valence-corrected chi connectivity index (χ4v) is 6.26. The summed E-state index contributed by atoms with van der Waals surface area (Å²) in [6.45, 7) is 0.733. The Morgan fingerprint density at radius 1 is 1.18 bits per heavy atom. The standard InChI is InChI=1S/C27H32N6O6S/c28-27(29)30-14-4-6-20-17-22(32-39-20)19-12-10-18(11-13-19)16-23(26(35)36)31-25(34)24-9-5-15-33(24)40(37,38)21-7-2-1-3-8-21/h1-3,7-8,10-13,17,23-24H,4-6,9,14-16H2,(H,31,34)(H,35,36)(H4,28,29,30)/t23-,24-/m0/s1. The molecule has 0 radical (unpaired) electrons. The topological polar surface area (TPSA) is 192 Å². The van der Waals surface area contributed by atoms with E-state index in [1.807, 2.05) is 6.07 Å². The van der Waals surface area contributed by atoms with Crippen molar-refractivity contribution in [2.45, 2.75) is 49.1 Å². The maximum atomic E-state index is 13.1. The van der Waals surface area contributed by atoms with Crippen molar-refractivity contribution in [3.63, 3.8) is 0 Å². The van der Waals surface area contributed by atoms with Gasteiger partial charge in [-0.15, -0.1) is 0 Å². The maximum absolute atomic E-state index is 13.1. The molecule has 2 atom stereocenters. The molecular weight excluding hydrogens is 536 g/mol. The van der Waals surface area contributed by atoms with E-state index >= 15 is 0 Å². The van der Waals surface area contributed by atoms with Crippen LogP contribution < -0.4 is 16.4 Å². The number of guanidine groups is 1. The first-order valence-corrected chi connectivity index (χ1v) is 14.3. The molecule has 0 spiro atoms. The first kappa shape index (κ1) is 28.8. The highest BCUT2D eigenvalue weighted by Crippen LogP contribution is 2.26. The van der Waals surface area contributed by atoms with E-state index in [1.165, 1.54) is 12.1 Å². The molecule has 0 aliphatic carbocycles. The van der Waals surface area contributed by atoms with Gasteiger partial charge in [0, 0.05) is 37.6 Å². The highest BCUT2D eigenvalue weighted by Gasteiger charge is 2.40. The van der Waals surface area contributed by atoms with Crippen molar-refractivity contribution in [2.24, 2.45) is 5.73 Å². The molecule has 1 saturated heterocycles. The van der Waals surface area contributed by atoms with Gasteiger partial charge in [-0.25, -0.2) is 13.2 Å². The van der Waals surface area contributed by atoms with Crippen LogP contribution in [0.5, 0.6) is 0 Å². The number of carboxylic acid groups (broad SMARTS) is 1. The van der Waals surface area contributed by atoms with Gasteiger partial charge in [0.2, 0.25) is 15.9 Å². The van der Waals surface area contributed by atoms with Crippen LogP contribution >= 0.6 is 0 Å². The minimum atomic E-state index is -3.89. The number of rotatable bonds is 12. The number of nitrogens with zero attached hydrogens (tertiary/aromatic N) is 2. The molecule has 0 saturated carbocycles. The molecule has 40 heavy (non-hydrogen) atoms. The Bertz CT molecular complexity index is 1440. The molecule has 1 aromatic heterocycles. The molecule has 1 fully saturated rings. The van der Waals surface area contributed by atoms with Crippen LogP contribution in [0.3, 0.4) is 0 Å². The highest BCUT2D eigenvalue weighted by atomic mass is 32.2. The van der Waals surface area contributed by atoms with Crippen LogP contribution in [0.2, 0.25) is 0 Å². The zero-order chi connectivity index (χ0) is 28.7. The molecule has 0 unspecified atom stereocenters. The Morgan fingerprint density at radius 2 is 1.90 bits per heavy atom. The van der Waals surface area contributed by atoms with Crippen molar-refractivity contribution in [2.75, 3.05) is 13.1 Å². The van der Waals surface area contributed by atoms with Crippen LogP contribution in [0, 0.1) is 5.41 Å². The number of nitrogens with two attached hydrogens (primary N) is 1. The van der Waals surface area contributed by atoms with Gasteiger partial charge in [0.25, 0.3) is 0 Å². The van der Waals surface area contributed by atoms with E-state index in [0.717, 1.165) is 9.87 Å². The molecule has 4 rings (SSSR count). The second-order valence-electron chi connectivity index (χ2n) is 9.51. The van der Waals surface area contributed by atoms with Gasteiger partial charge in [-0.05, 0) is 37.0 Å². The molecule has 1 aliphatic heterocycles. The van der Waals surface area contributed by atoms with Crippen LogP contribution in [0.25, 0.3) is 11.3 Å². The molecule has 12 nitrogen and oxygen atoms in total. The zero-order valence-corrected chi connectivity index (χ0v) is 22.6. The predicted molar refractivity (Wildman–Crippen MR) is 147 cm³/mol. The van der Waals surface area contributed by atoms with Crippen molar-refractivity contribution in [3.8, 4) is 11.3 Å². The van der Waals surface area contributed by atoms with Gasteiger partial charge in [-0.2, -0.15) is 4.31 Å². The predicted octanol–water partition coefficient (Wildman–Crippen LogP) is 1.72. The molecule has 13 heteroatoms. The van der Waals surface area contributed by atoms with Crippen LogP contribution in [-0.4, -0.2) is 66.0 Å². The van der Waals surface area contributed by atoms with Crippen molar-refractivity contribution in [1.29, 1.82) is 5.41 Å². The molecule has 1 aliphatic rings. The average Bonchev–Trinajstić information content (AvgIpc) is 3.62. The van der Waals surface area contributed by atoms with Gasteiger partial charge in [0.15, 0.2) is 5.96 Å². The summed E-state index contributed by atoms with van der Waals surface area (Å²) >= 11 is 0. The summed E-state index contributed by atoms with van der Waals surface area (Å²) in [5.74, 6) is -1.24. The van der Waals surface area contributed by atoms with Gasteiger partial charge < -0.3 is 26.0 Å². The Labute approximate surface area is 232 Å². The third-order valence-corrected chi connectivity index (χ3v) is 8.56. The van der Waals surface area contributed by atoms with Gasteiger partial charge in [-0.1, -0.05) is 47.6 Å². The Kier molecular flexibility index (Phi) is 9.17. The van der Waals surface area contributed by atoms with E-state index in [-0.39, 0.29) is 23.8 Å². The summed E-state index contributed by atoms with van der Waals surface area (Å²) in [6.07, 6.45) is 2.17. The lowest BCUT2D eigenvalue weighted by Crippen LogP contribution is -2.51. The van der Waals surface area contributed by atoms with Crippen molar-refractivity contribution < 1.29 is 27.6 Å². The van der Waals surface area contributed by atoms with Crippen molar-refractivity contribution in [1.82, 2.24) is 20.1 Å². The lowest BCUT2D eigenvalue weighted by atomic mass is 10.0. The van der Waals surface area contributed by atoms with E-state index in [4.69, 9.17) is 15.7 Å². The molecule has 2 heterocycles. The molecule has 212 valence electrons. The Hall–Kier alpha value is -4.23. The fourth-order valence-electron chi connectivity index (χ4n) is 4.59. The second-order valence-corrected chi connectivity index (χ2v) is 11.4. The summed E-state index contributed by atoms with van der Waals surface area (Å²) in [7, 11) is -3.89. The van der Waals surface area contributed by atoms with Gasteiger partial charge in [0.05, 0.1) is 4.90 Å². The number of benzene rings is 2. The normalized spacial score (nSPS) is 16.4. The van der Waals surface area contributed by atoms with Crippen LogP contribution in [0.4, 0.5) is 0 Å². The number of carbonyl (C=O) groups excluding carboxylic acids is 1. The van der Waals surface area contributed by atoms with E-state index < -0.39 is 34.0 Å². The second kappa shape index (κ2) is 12.7. The average molecular weight is 569 g/mol. The number of hydrogen-bond donors (Lipinski definition) is 5. The minimum absolute atomic E-state index is 0.0206. The van der Waals surface area contributed by atoms with Gasteiger partial charge in [-0.3, -0.25) is 10.2 Å². The third-order valence-electron chi connectivity index (χ3n) is 6.63. The van der Waals surface area contributed by atoms with E-state index in [9.17, 15) is 23.1 Å². The van der Waals surface area contributed by atoms with E-state index in [1.54, 1.807) is 42.5 Å². The molecule has 3 aromatic rings. The largest absolute Gasteiger partial charge is 0.480 e. The molecular formula is C27H32N6O6S. The number of carboxylic acids is 1. The highest BCUT2D eigenvalue weighted by molar-refractivity contribution is 7.89. The number of aryl methyl sites for hydroxylation is 1. The summed E-state index contributed by atoms with van der Waals surface area (Å²) in [5, 5.41) is 26.3.